The Kier molecular flexibility index (Phi) is 5.41. The average molecular weight is 333 g/mol. The van der Waals surface area contributed by atoms with Crippen LogP contribution in [0.2, 0.25) is 0 Å². The van der Waals surface area contributed by atoms with Gasteiger partial charge in [-0.2, -0.15) is 0 Å². The smallest absolute Gasteiger partial charge is 0.288 e. The molecule has 0 unspecified atom stereocenters. The molecule has 0 aromatic heterocycles. The maximum Gasteiger partial charge on any atom is 0.288 e. The van der Waals surface area contributed by atoms with E-state index in [1.807, 2.05) is 0 Å². The van der Waals surface area contributed by atoms with E-state index in [-0.39, 0.29) is 17.7 Å². The number of carbonyl (C=O) groups excluding carboxylic acids is 3. The Morgan fingerprint density at radius 1 is 0.917 bits per heavy atom. The van der Waals surface area contributed by atoms with Gasteiger partial charge in [-0.05, 0) is 62.7 Å². The molecular weight excluding hydrogens is 302 g/mol. The van der Waals surface area contributed by atoms with Gasteiger partial charge in [0.25, 0.3) is 5.91 Å². The van der Waals surface area contributed by atoms with Gasteiger partial charge < -0.3 is 5.32 Å². The van der Waals surface area contributed by atoms with Crippen molar-refractivity contribution < 1.29 is 14.4 Å². The Labute approximate surface area is 145 Å². The minimum absolute atomic E-state index is 0.0863. The molecule has 0 aromatic carbocycles. The number of ketones is 2. The summed E-state index contributed by atoms with van der Waals surface area (Å²) in [6, 6.07) is 0. The molecule has 0 atom stereocenters. The monoisotopic (exact) mass is 333 g/mol. The molecule has 4 rings (SSSR count). The third-order valence-corrected chi connectivity index (χ3v) is 6.34. The standard InChI is InChI=1S/C20H31NO3/c1-2-3-4-5-6-17(22)10-18(23)19(24)21-20-11-14-7-15(12-20)9-16(8-14)13-20/h14-16H,2-13H2,1H3,(H,21,24). The first-order chi connectivity index (χ1) is 11.5. The molecule has 0 saturated heterocycles. The minimum Gasteiger partial charge on any atom is -0.344 e. The van der Waals surface area contributed by atoms with Crippen molar-refractivity contribution in [3.8, 4) is 0 Å². The highest BCUT2D eigenvalue weighted by atomic mass is 16.2. The number of Topliss-reactive ketones (excluding diaryl/α,β-unsaturated/α-hetero) is 2. The van der Waals surface area contributed by atoms with Crippen molar-refractivity contribution >= 4 is 17.5 Å². The van der Waals surface area contributed by atoms with E-state index in [2.05, 4.69) is 12.2 Å². The average Bonchev–Trinajstić information content (AvgIpc) is 2.49. The predicted molar refractivity (Wildman–Crippen MR) is 92.4 cm³/mol. The molecule has 4 nitrogen and oxygen atoms in total. The number of hydrogen-bond acceptors (Lipinski definition) is 3. The Balaban J connectivity index is 1.46. The Morgan fingerprint density at radius 2 is 1.50 bits per heavy atom. The molecule has 4 heteroatoms. The number of nitrogens with one attached hydrogen (secondary N) is 1. The molecule has 4 aliphatic carbocycles. The van der Waals surface area contributed by atoms with Crippen molar-refractivity contribution in [1.29, 1.82) is 0 Å². The molecule has 0 aliphatic heterocycles. The van der Waals surface area contributed by atoms with Gasteiger partial charge in [0.1, 0.15) is 5.78 Å². The summed E-state index contributed by atoms with van der Waals surface area (Å²) in [4.78, 5) is 36.3. The lowest BCUT2D eigenvalue weighted by Gasteiger charge is -2.56. The lowest BCUT2D eigenvalue weighted by molar-refractivity contribution is -0.143. The van der Waals surface area contributed by atoms with Crippen LogP contribution in [0.5, 0.6) is 0 Å². The van der Waals surface area contributed by atoms with Gasteiger partial charge in [0.15, 0.2) is 0 Å². The van der Waals surface area contributed by atoms with E-state index < -0.39 is 11.7 Å². The molecule has 4 bridgehead atoms. The first-order valence-electron chi connectivity index (χ1n) is 9.87. The minimum atomic E-state index is -0.536. The van der Waals surface area contributed by atoms with Crippen LogP contribution >= 0.6 is 0 Å². The fraction of sp³-hybridized carbons (Fsp3) is 0.850. The highest BCUT2D eigenvalue weighted by Gasteiger charge is 2.51. The van der Waals surface area contributed by atoms with Gasteiger partial charge in [-0.1, -0.05) is 26.2 Å². The lowest BCUT2D eigenvalue weighted by Crippen LogP contribution is -2.60. The van der Waals surface area contributed by atoms with Crippen molar-refractivity contribution in [2.75, 3.05) is 0 Å². The first-order valence-corrected chi connectivity index (χ1v) is 9.87. The summed E-state index contributed by atoms with van der Waals surface area (Å²) in [6.07, 6.45) is 11.3. The Bertz CT molecular complexity index is 476. The Hall–Kier alpha value is -1.19. The van der Waals surface area contributed by atoms with E-state index in [1.165, 1.54) is 19.3 Å². The molecular formula is C20H31NO3. The molecule has 4 aliphatic rings. The number of rotatable bonds is 9. The number of unbranched alkanes of at least 4 members (excludes halogenated alkanes) is 3. The van der Waals surface area contributed by atoms with E-state index in [1.54, 1.807) is 0 Å². The lowest BCUT2D eigenvalue weighted by atomic mass is 9.53. The van der Waals surface area contributed by atoms with Crippen LogP contribution in [0.25, 0.3) is 0 Å². The van der Waals surface area contributed by atoms with Crippen LogP contribution in [0.4, 0.5) is 0 Å². The van der Waals surface area contributed by atoms with Crippen LogP contribution < -0.4 is 5.32 Å². The summed E-state index contributed by atoms with van der Waals surface area (Å²) >= 11 is 0. The first kappa shape index (κ1) is 17.6. The van der Waals surface area contributed by atoms with Gasteiger partial charge in [-0.3, -0.25) is 14.4 Å². The zero-order valence-corrected chi connectivity index (χ0v) is 14.9. The van der Waals surface area contributed by atoms with E-state index >= 15 is 0 Å². The van der Waals surface area contributed by atoms with Crippen molar-refractivity contribution in [2.24, 2.45) is 17.8 Å². The van der Waals surface area contributed by atoms with Crippen molar-refractivity contribution in [3.05, 3.63) is 0 Å². The van der Waals surface area contributed by atoms with E-state index in [0.29, 0.717) is 6.42 Å². The van der Waals surface area contributed by atoms with Crippen molar-refractivity contribution in [3.63, 3.8) is 0 Å². The molecule has 4 fully saturated rings. The summed E-state index contributed by atoms with van der Waals surface area (Å²) in [7, 11) is 0. The molecule has 4 saturated carbocycles. The molecule has 1 amide bonds. The summed E-state index contributed by atoms with van der Waals surface area (Å²) in [5, 5.41) is 3.07. The Morgan fingerprint density at radius 3 is 2.04 bits per heavy atom. The third kappa shape index (κ3) is 4.07. The summed E-state index contributed by atoms with van der Waals surface area (Å²) in [6.45, 7) is 2.13. The van der Waals surface area contributed by atoms with Crippen LogP contribution in [0.15, 0.2) is 0 Å². The largest absolute Gasteiger partial charge is 0.344 e. The zero-order chi connectivity index (χ0) is 17.2. The van der Waals surface area contributed by atoms with Gasteiger partial charge in [0, 0.05) is 12.0 Å². The highest BCUT2D eigenvalue weighted by molar-refractivity contribution is 6.39. The number of carbonyl (C=O) groups is 3. The zero-order valence-electron chi connectivity index (χ0n) is 14.9. The fourth-order valence-corrected chi connectivity index (χ4v) is 5.67. The summed E-state index contributed by atoms with van der Waals surface area (Å²) in [5.74, 6) is 1.05. The van der Waals surface area contributed by atoms with Crippen LogP contribution in [0.3, 0.4) is 0 Å². The maximum absolute atomic E-state index is 12.3. The van der Waals surface area contributed by atoms with Gasteiger partial charge >= 0.3 is 0 Å². The quantitative estimate of drug-likeness (QED) is 0.398. The third-order valence-electron chi connectivity index (χ3n) is 6.34. The normalized spacial score (nSPS) is 33.5. The van der Waals surface area contributed by atoms with Crippen LogP contribution in [-0.4, -0.2) is 23.0 Å². The molecule has 0 heterocycles. The summed E-state index contributed by atoms with van der Waals surface area (Å²) < 4.78 is 0. The van der Waals surface area contributed by atoms with E-state index in [4.69, 9.17) is 0 Å². The van der Waals surface area contributed by atoms with Crippen molar-refractivity contribution in [1.82, 2.24) is 5.32 Å². The van der Waals surface area contributed by atoms with Crippen LogP contribution in [0.1, 0.15) is 84.0 Å². The van der Waals surface area contributed by atoms with E-state index in [0.717, 1.165) is 62.7 Å². The SMILES string of the molecule is CCCCCCC(=O)CC(=O)C(=O)NC12CC3CC(CC(C3)C1)C2. The molecule has 0 radical (unpaired) electrons. The maximum atomic E-state index is 12.3. The van der Waals surface area contributed by atoms with Crippen molar-refractivity contribution in [2.45, 2.75) is 89.5 Å². The second-order valence-corrected chi connectivity index (χ2v) is 8.60. The van der Waals surface area contributed by atoms with Gasteiger partial charge in [0.05, 0.1) is 6.42 Å². The fourth-order valence-electron chi connectivity index (χ4n) is 5.67. The van der Waals surface area contributed by atoms with Gasteiger partial charge in [-0.25, -0.2) is 0 Å². The molecule has 0 spiro atoms. The summed E-state index contributed by atoms with van der Waals surface area (Å²) in [5.41, 5.74) is -0.147. The predicted octanol–water partition coefficient (Wildman–Crippen LogP) is 3.57. The highest BCUT2D eigenvalue weighted by Crippen LogP contribution is 2.55. The topological polar surface area (TPSA) is 63.2 Å². The number of hydrogen-bond donors (Lipinski definition) is 1. The van der Waals surface area contributed by atoms with E-state index in [9.17, 15) is 14.4 Å². The van der Waals surface area contributed by atoms with Crippen LogP contribution in [0, 0.1) is 17.8 Å². The second-order valence-electron chi connectivity index (χ2n) is 8.60. The number of amides is 1. The van der Waals surface area contributed by atoms with Gasteiger partial charge in [0.2, 0.25) is 5.78 Å². The molecule has 134 valence electrons. The second kappa shape index (κ2) is 7.37. The van der Waals surface area contributed by atoms with Crippen LogP contribution in [-0.2, 0) is 14.4 Å². The molecule has 1 N–H and O–H groups in total. The van der Waals surface area contributed by atoms with Gasteiger partial charge in [-0.15, -0.1) is 0 Å². The molecule has 24 heavy (non-hydrogen) atoms. The molecule has 0 aromatic rings.